The second-order valence-electron chi connectivity index (χ2n) is 7.04. The zero-order valence-electron chi connectivity index (χ0n) is 15.4. The number of hydrogen-bond acceptors (Lipinski definition) is 6. The fraction of sp³-hybridized carbons (Fsp3) is 0.500. The molecule has 1 spiro atoms. The number of carbonyl (C=O) groups is 4. The van der Waals surface area contributed by atoms with Crippen molar-refractivity contribution >= 4 is 23.5 Å². The molecule has 0 saturated carbocycles. The largest absolute Gasteiger partial charge is 0.458 e. The number of esters is 2. The van der Waals surface area contributed by atoms with Gasteiger partial charge < -0.3 is 9.47 Å². The topological polar surface area (TPSA) is 86.7 Å². The Balaban J connectivity index is 2.20. The van der Waals surface area contributed by atoms with Crippen molar-refractivity contribution in [3.05, 3.63) is 36.0 Å². The van der Waals surface area contributed by atoms with Gasteiger partial charge in [0.05, 0.1) is 11.8 Å². The first-order valence-corrected chi connectivity index (χ1v) is 8.59. The molecule has 2 rings (SSSR count). The molecule has 0 radical (unpaired) electrons. The van der Waals surface area contributed by atoms with Gasteiger partial charge in [0.2, 0.25) is 0 Å². The van der Waals surface area contributed by atoms with Crippen LogP contribution in [0.15, 0.2) is 36.0 Å². The van der Waals surface area contributed by atoms with Gasteiger partial charge in [-0.1, -0.05) is 12.2 Å². The van der Waals surface area contributed by atoms with E-state index in [1.165, 1.54) is 19.1 Å². The van der Waals surface area contributed by atoms with E-state index in [2.05, 4.69) is 6.58 Å². The van der Waals surface area contributed by atoms with Crippen molar-refractivity contribution in [1.82, 2.24) is 0 Å². The third-order valence-electron chi connectivity index (χ3n) is 4.76. The van der Waals surface area contributed by atoms with Crippen molar-refractivity contribution in [2.45, 2.75) is 58.7 Å². The average Bonchev–Trinajstić information content (AvgIpc) is 2.84. The van der Waals surface area contributed by atoms with Crippen LogP contribution in [0.5, 0.6) is 0 Å². The number of allylic oxidation sites excluding steroid dienone is 3. The standard InChI is InChI=1S/C20H24O6/c1-12(2)16(22)7-5-13(3)9-18-20(11-19(24)26-18)10-15(25-14(4)21)6-8-17(20)23/h6,8-9,15,18H,1,5,7,10-11H2,2-4H3/t15-,18-,20+/m1/s1. The molecular weight excluding hydrogens is 336 g/mol. The van der Waals surface area contributed by atoms with Crippen LogP contribution in [0.2, 0.25) is 0 Å². The third-order valence-corrected chi connectivity index (χ3v) is 4.76. The third kappa shape index (κ3) is 4.36. The molecule has 1 heterocycles. The molecule has 6 heteroatoms. The highest BCUT2D eigenvalue weighted by atomic mass is 16.6. The Morgan fingerprint density at radius 2 is 2.00 bits per heavy atom. The lowest BCUT2D eigenvalue weighted by atomic mass is 9.69. The summed E-state index contributed by atoms with van der Waals surface area (Å²) >= 11 is 0. The molecule has 1 aliphatic carbocycles. The van der Waals surface area contributed by atoms with Gasteiger partial charge in [0, 0.05) is 19.8 Å². The highest BCUT2D eigenvalue weighted by Crippen LogP contribution is 2.45. The summed E-state index contributed by atoms with van der Waals surface area (Å²) in [6, 6.07) is 0. The number of hydrogen-bond donors (Lipinski definition) is 0. The lowest BCUT2D eigenvalue weighted by Gasteiger charge is -2.34. The molecule has 140 valence electrons. The number of carbonyl (C=O) groups excluding carboxylic acids is 4. The predicted octanol–water partition coefficient (Wildman–Crippen LogP) is 2.62. The molecule has 2 aliphatic rings. The van der Waals surface area contributed by atoms with Crippen LogP contribution in [0.4, 0.5) is 0 Å². The van der Waals surface area contributed by atoms with E-state index in [4.69, 9.17) is 9.47 Å². The van der Waals surface area contributed by atoms with Gasteiger partial charge in [0.15, 0.2) is 11.6 Å². The Morgan fingerprint density at radius 3 is 2.62 bits per heavy atom. The van der Waals surface area contributed by atoms with Gasteiger partial charge in [-0.15, -0.1) is 0 Å². The first kappa shape index (κ1) is 19.8. The maximum Gasteiger partial charge on any atom is 0.307 e. The smallest absolute Gasteiger partial charge is 0.307 e. The van der Waals surface area contributed by atoms with E-state index in [0.29, 0.717) is 18.4 Å². The molecule has 0 aromatic rings. The number of ether oxygens (including phenoxy) is 2. The molecule has 6 nitrogen and oxygen atoms in total. The van der Waals surface area contributed by atoms with Crippen LogP contribution in [-0.2, 0) is 28.7 Å². The maximum atomic E-state index is 12.6. The minimum absolute atomic E-state index is 0.0255. The molecule has 0 aromatic carbocycles. The van der Waals surface area contributed by atoms with Crippen LogP contribution in [0, 0.1) is 5.41 Å². The number of cyclic esters (lactones) is 1. The van der Waals surface area contributed by atoms with Crippen LogP contribution >= 0.6 is 0 Å². The van der Waals surface area contributed by atoms with Crippen LogP contribution in [-0.4, -0.2) is 35.7 Å². The van der Waals surface area contributed by atoms with Crippen LogP contribution in [0.1, 0.15) is 46.5 Å². The molecule has 1 aliphatic heterocycles. The van der Waals surface area contributed by atoms with Gasteiger partial charge in [-0.05, 0) is 44.1 Å². The molecule has 0 bridgehead atoms. The molecule has 3 atom stereocenters. The second kappa shape index (κ2) is 7.81. The zero-order valence-corrected chi connectivity index (χ0v) is 15.4. The average molecular weight is 360 g/mol. The molecule has 0 N–H and O–H groups in total. The van der Waals surface area contributed by atoms with Crippen LogP contribution in [0.25, 0.3) is 0 Å². The Morgan fingerprint density at radius 1 is 1.31 bits per heavy atom. The summed E-state index contributed by atoms with van der Waals surface area (Å²) in [6.07, 6.45) is 4.30. The van der Waals surface area contributed by atoms with Crippen molar-refractivity contribution in [2.24, 2.45) is 5.41 Å². The predicted molar refractivity (Wildman–Crippen MR) is 94.1 cm³/mol. The molecule has 26 heavy (non-hydrogen) atoms. The van der Waals surface area contributed by atoms with Crippen molar-refractivity contribution in [1.29, 1.82) is 0 Å². The van der Waals surface area contributed by atoms with Crippen LogP contribution < -0.4 is 0 Å². The Bertz CT molecular complexity index is 714. The summed E-state index contributed by atoms with van der Waals surface area (Å²) in [7, 11) is 0. The van der Waals surface area contributed by atoms with Gasteiger partial charge in [-0.2, -0.15) is 0 Å². The normalized spacial score (nSPS) is 28.2. The van der Waals surface area contributed by atoms with E-state index in [0.717, 1.165) is 5.57 Å². The Labute approximate surface area is 152 Å². The summed E-state index contributed by atoms with van der Waals surface area (Å²) in [6.45, 7) is 8.42. The van der Waals surface area contributed by atoms with Gasteiger partial charge in [-0.25, -0.2) is 0 Å². The van der Waals surface area contributed by atoms with E-state index < -0.39 is 29.6 Å². The van der Waals surface area contributed by atoms with Gasteiger partial charge in [0.25, 0.3) is 0 Å². The SMILES string of the molecule is C=C(C)C(=O)CCC(C)=C[C@H]1OC(=O)C[C@]12C[C@H](OC(C)=O)C=CC2=O. The molecule has 0 unspecified atom stereocenters. The van der Waals surface area contributed by atoms with E-state index in [1.54, 1.807) is 13.0 Å². The second-order valence-corrected chi connectivity index (χ2v) is 7.04. The highest BCUT2D eigenvalue weighted by Gasteiger charge is 2.55. The fourth-order valence-electron chi connectivity index (χ4n) is 3.31. The maximum absolute atomic E-state index is 12.6. The quantitative estimate of drug-likeness (QED) is 0.411. The molecule has 0 aromatic heterocycles. The fourth-order valence-corrected chi connectivity index (χ4v) is 3.31. The van der Waals surface area contributed by atoms with Gasteiger partial charge in [-0.3, -0.25) is 19.2 Å². The van der Waals surface area contributed by atoms with E-state index in [9.17, 15) is 19.2 Å². The minimum Gasteiger partial charge on any atom is -0.458 e. The monoisotopic (exact) mass is 360 g/mol. The van der Waals surface area contributed by atoms with Crippen molar-refractivity contribution in [3.63, 3.8) is 0 Å². The first-order chi connectivity index (χ1) is 12.1. The lowest BCUT2D eigenvalue weighted by molar-refractivity contribution is -0.148. The number of Topliss-reactive ketones (excluding diaryl/α,β-unsaturated/α-hetero) is 1. The highest BCUT2D eigenvalue weighted by molar-refractivity contribution is 6.00. The summed E-state index contributed by atoms with van der Waals surface area (Å²) in [5.41, 5.74) is 0.286. The van der Waals surface area contributed by atoms with Gasteiger partial charge in [0.1, 0.15) is 12.2 Å². The Hall–Kier alpha value is -2.50. The van der Waals surface area contributed by atoms with Crippen molar-refractivity contribution < 1.29 is 28.7 Å². The molecule has 1 fully saturated rings. The summed E-state index contributed by atoms with van der Waals surface area (Å²) in [5, 5.41) is 0. The molecule has 1 saturated heterocycles. The molecule has 0 amide bonds. The number of ketones is 2. The minimum atomic E-state index is -1.06. The molecular formula is C20H24O6. The number of rotatable bonds is 6. The summed E-state index contributed by atoms with van der Waals surface area (Å²) in [5.74, 6) is -1.14. The van der Waals surface area contributed by atoms with E-state index >= 15 is 0 Å². The summed E-state index contributed by atoms with van der Waals surface area (Å²) in [4.78, 5) is 47.5. The van der Waals surface area contributed by atoms with Crippen molar-refractivity contribution in [3.8, 4) is 0 Å². The Kier molecular flexibility index (Phi) is 5.95. The van der Waals surface area contributed by atoms with Gasteiger partial charge >= 0.3 is 11.9 Å². The summed E-state index contributed by atoms with van der Waals surface area (Å²) < 4.78 is 10.6. The van der Waals surface area contributed by atoms with Crippen LogP contribution in [0.3, 0.4) is 0 Å². The zero-order chi connectivity index (χ0) is 19.5. The lowest BCUT2D eigenvalue weighted by Crippen LogP contribution is -2.43. The van der Waals surface area contributed by atoms with Crippen molar-refractivity contribution in [2.75, 3.05) is 0 Å². The first-order valence-electron chi connectivity index (χ1n) is 8.59. The van der Waals surface area contributed by atoms with E-state index in [1.807, 2.05) is 6.92 Å². The van der Waals surface area contributed by atoms with E-state index in [-0.39, 0.29) is 24.4 Å².